The molecular formula is C15H20ClN3. The highest BCUT2D eigenvalue weighted by molar-refractivity contribution is 6.30. The monoisotopic (exact) mass is 277 g/mol. The summed E-state index contributed by atoms with van der Waals surface area (Å²) in [5.41, 5.74) is 3.63. The van der Waals surface area contributed by atoms with Crippen LogP contribution >= 0.6 is 11.6 Å². The van der Waals surface area contributed by atoms with Crippen molar-refractivity contribution in [2.24, 2.45) is 0 Å². The summed E-state index contributed by atoms with van der Waals surface area (Å²) in [7, 11) is 0. The van der Waals surface area contributed by atoms with Crippen LogP contribution in [0.5, 0.6) is 0 Å². The van der Waals surface area contributed by atoms with Crippen LogP contribution in [0.3, 0.4) is 0 Å². The number of rotatable bonds is 6. The lowest BCUT2D eigenvalue weighted by Crippen LogP contribution is -2.19. The fourth-order valence-electron chi connectivity index (χ4n) is 2.12. The summed E-state index contributed by atoms with van der Waals surface area (Å²) in [6.45, 7) is 6.88. The number of halogens is 1. The van der Waals surface area contributed by atoms with Gasteiger partial charge in [0.05, 0.1) is 11.4 Å². The molecule has 0 saturated heterocycles. The van der Waals surface area contributed by atoms with Gasteiger partial charge in [0.15, 0.2) is 0 Å². The number of hydrogen-bond acceptors (Lipinski definition) is 2. The van der Waals surface area contributed by atoms with Crippen molar-refractivity contribution < 1.29 is 0 Å². The highest BCUT2D eigenvalue weighted by Crippen LogP contribution is 2.09. The molecule has 0 spiro atoms. The molecule has 2 aromatic rings. The SMILES string of the molecule is CCn1nc(C)cc1CNCCc1ccc(Cl)cc1. The first-order valence-corrected chi connectivity index (χ1v) is 7.05. The molecule has 0 aliphatic carbocycles. The Balaban J connectivity index is 1.78. The van der Waals surface area contributed by atoms with Crippen LogP contribution < -0.4 is 5.32 Å². The third kappa shape index (κ3) is 4.08. The maximum Gasteiger partial charge on any atom is 0.0597 e. The minimum Gasteiger partial charge on any atom is -0.311 e. The summed E-state index contributed by atoms with van der Waals surface area (Å²) in [6, 6.07) is 10.2. The normalized spacial score (nSPS) is 10.9. The minimum atomic E-state index is 0.791. The average molecular weight is 278 g/mol. The smallest absolute Gasteiger partial charge is 0.0597 e. The van der Waals surface area contributed by atoms with E-state index in [0.717, 1.165) is 36.8 Å². The van der Waals surface area contributed by atoms with Crippen molar-refractivity contribution in [3.63, 3.8) is 0 Å². The number of benzene rings is 1. The Morgan fingerprint density at radius 1 is 1.26 bits per heavy atom. The molecule has 0 amide bonds. The predicted molar refractivity (Wildman–Crippen MR) is 79.5 cm³/mol. The molecule has 1 heterocycles. The summed E-state index contributed by atoms with van der Waals surface area (Å²) in [4.78, 5) is 0. The Morgan fingerprint density at radius 3 is 2.68 bits per heavy atom. The van der Waals surface area contributed by atoms with E-state index in [-0.39, 0.29) is 0 Å². The molecule has 0 saturated carbocycles. The van der Waals surface area contributed by atoms with Gasteiger partial charge in [0.1, 0.15) is 0 Å². The lowest BCUT2D eigenvalue weighted by molar-refractivity contribution is 0.580. The van der Waals surface area contributed by atoms with Crippen molar-refractivity contribution in [1.82, 2.24) is 15.1 Å². The number of hydrogen-bond donors (Lipinski definition) is 1. The summed E-state index contributed by atoms with van der Waals surface area (Å²) in [6.07, 6.45) is 1.01. The lowest BCUT2D eigenvalue weighted by Gasteiger charge is -2.07. The summed E-state index contributed by atoms with van der Waals surface area (Å²) in [5, 5.41) is 8.69. The van der Waals surface area contributed by atoms with Crippen molar-refractivity contribution in [3.8, 4) is 0 Å². The van der Waals surface area contributed by atoms with Gasteiger partial charge in [0, 0.05) is 18.1 Å². The topological polar surface area (TPSA) is 29.9 Å². The maximum atomic E-state index is 5.86. The van der Waals surface area contributed by atoms with Crippen molar-refractivity contribution in [2.75, 3.05) is 6.54 Å². The van der Waals surface area contributed by atoms with Crippen LogP contribution in [0.1, 0.15) is 23.9 Å². The Labute approximate surface area is 119 Å². The van der Waals surface area contributed by atoms with Gasteiger partial charge in [-0.2, -0.15) is 5.10 Å². The Hall–Kier alpha value is -1.32. The van der Waals surface area contributed by atoms with Gasteiger partial charge in [-0.1, -0.05) is 23.7 Å². The highest BCUT2D eigenvalue weighted by atomic mass is 35.5. The predicted octanol–water partition coefficient (Wildman–Crippen LogP) is 3.20. The van der Waals surface area contributed by atoms with E-state index in [1.165, 1.54) is 11.3 Å². The molecule has 19 heavy (non-hydrogen) atoms. The average Bonchev–Trinajstić information content (AvgIpc) is 2.77. The van der Waals surface area contributed by atoms with Crippen LogP contribution in [0.25, 0.3) is 0 Å². The zero-order valence-corrected chi connectivity index (χ0v) is 12.2. The first-order valence-electron chi connectivity index (χ1n) is 6.67. The van der Waals surface area contributed by atoms with Crippen LogP contribution in [-0.2, 0) is 19.5 Å². The molecule has 4 heteroatoms. The second-order valence-corrected chi connectivity index (χ2v) is 5.08. The van der Waals surface area contributed by atoms with E-state index in [1.54, 1.807) is 0 Å². The number of nitrogens with one attached hydrogen (secondary N) is 1. The molecule has 2 rings (SSSR count). The molecular weight excluding hydrogens is 258 g/mol. The second kappa shape index (κ2) is 6.73. The minimum absolute atomic E-state index is 0.791. The molecule has 1 aromatic heterocycles. The summed E-state index contributed by atoms with van der Waals surface area (Å²) >= 11 is 5.86. The van der Waals surface area contributed by atoms with Crippen molar-refractivity contribution >= 4 is 11.6 Å². The van der Waals surface area contributed by atoms with Gasteiger partial charge >= 0.3 is 0 Å². The molecule has 1 aromatic carbocycles. The van der Waals surface area contributed by atoms with Crippen molar-refractivity contribution in [3.05, 3.63) is 52.3 Å². The van der Waals surface area contributed by atoms with E-state index in [4.69, 9.17) is 11.6 Å². The first kappa shape index (κ1) is 14.1. The van der Waals surface area contributed by atoms with E-state index in [0.29, 0.717) is 0 Å². The molecule has 0 fully saturated rings. The van der Waals surface area contributed by atoms with E-state index in [9.17, 15) is 0 Å². The van der Waals surface area contributed by atoms with Crippen LogP contribution in [0.15, 0.2) is 30.3 Å². The van der Waals surface area contributed by atoms with Crippen LogP contribution in [-0.4, -0.2) is 16.3 Å². The molecule has 0 atom stereocenters. The maximum absolute atomic E-state index is 5.86. The molecule has 1 N–H and O–H groups in total. The first-order chi connectivity index (χ1) is 9.19. The molecule has 0 radical (unpaired) electrons. The van der Waals surface area contributed by atoms with Gasteiger partial charge in [0.25, 0.3) is 0 Å². The molecule has 0 aliphatic heterocycles. The van der Waals surface area contributed by atoms with Gasteiger partial charge < -0.3 is 5.32 Å². The standard InChI is InChI=1S/C15H20ClN3/c1-3-19-15(10-12(2)18-19)11-17-9-8-13-4-6-14(16)7-5-13/h4-7,10,17H,3,8-9,11H2,1-2H3. The molecule has 0 aliphatic rings. The third-order valence-corrected chi connectivity index (χ3v) is 3.35. The van der Waals surface area contributed by atoms with Crippen molar-refractivity contribution in [2.45, 2.75) is 33.4 Å². The Morgan fingerprint density at radius 2 is 2.00 bits per heavy atom. The fraction of sp³-hybridized carbons (Fsp3) is 0.400. The number of nitrogens with zero attached hydrogens (tertiary/aromatic N) is 2. The largest absolute Gasteiger partial charge is 0.311 e. The van der Waals surface area contributed by atoms with E-state index in [1.807, 2.05) is 23.7 Å². The zero-order chi connectivity index (χ0) is 13.7. The van der Waals surface area contributed by atoms with Crippen LogP contribution in [0, 0.1) is 6.92 Å². The zero-order valence-electron chi connectivity index (χ0n) is 11.5. The summed E-state index contributed by atoms with van der Waals surface area (Å²) < 4.78 is 2.05. The molecule has 102 valence electrons. The van der Waals surface area contributed by atoms with Gasteiger partial charge in [-0.15, -0.1) is 0 Å². The van der Waals surface area contributed by atoms with Gasteiger partial charge in [-0.25, -0.2) is 0 Å². The Bertz CT molecular complexity index is 517. The van der Waals surface area contributed by atoms with Gasteiger partial charge in [0.2, 0.25) is 0 Å². The molecule has 0 unspecified atom stereocenters. The molecule has 0 bridgehead atoms. The fourth-order valence-corrected chi connectivity index (χ4v) is 2.24. The second-order valence-electron chi connectivity index (χ2n) is 4.65. The number of aryl methyl sites for hydroxylation is 2. The lowest BCUT2D eigenvalue weighted by atomic mass is 10.1. The van der Waals surface area contributed by atoms with Crippen LogP contribution in [0.2, 0.25) is 5.02 Å². The van der Waals surface area contributed by atoms with Crippen molar-refractivity contribution in [1.29, 1.82) is 0 Å². The van der Waals surface area contributed by atoms with Crippen LogP contribution in [0.4, 0.5) is 0 Å². The highest BCUT2D eigenvalue weighted by Gasteiger charge is 2.03. The number of aromatic nitrogens is 2. The third-order valence-electron chi connectivity index (χ3n) is 3.09. The molecule has 3 nitrogen and oxygen atoms in total. The Kier molecular flexibility index (Phi) is 5.00. The van der Waals surface area contributed by atoms with E-state index in [2.05, 4.69) is 35.5 Å². The van der Waals surface area contributed by atoms with Gasteiger partial charge in [-0.05, 0) is 50.6 Å². The quantitative estimate of drug-likeness (QED) is 0.822. The van der Waals surface area contributed by atoms with Gasteiger partial charge in [-0.3, -0.25) is 4.68 Å². The summed E-state index contributed by atoms with van der Waals surface area (Å²) in [5.74, 6) is 0. The van der Waals surface area contributed by atoms with E-state index >= 15 is 0 Å². The van der Waals surface area contributed by atoms with E-state index < -0.39 is 0 Å².